The number of benzene rings is 2. The van der Waals surface area contributed by atoms with Gasteiger partial charge in [0.25, 0.3) is 0 Å². The summed E-state index contributed by atoms with van der Waals surface area (Å²) >= 11 is 3.48. The van der Waals surface area contributed by atoms with Crippen LogP contribution < -0.4 is 0 Å². The second-order valence-electron chi connectivity index (χ2n) is 6.94. The van der Waals surface area contributed by atoms with Gasteiger partial charge in [-0.15, -0.1) is 10.2 Å². The highest BCUT2D eigenvalue weighted by Gasteiger charge is 2.13. The molecule has 0 unspecified atom stereocenters. The van der Waals surface area contributed by atoms with Crippen molar-refractivity contribution in [3.05, 3.63) is 76.7 Å². The van der Waals surface area contributed by atoms with Gasteiger partial charge in [0.1, 0.15) is 11.3 Å². The lowest BCUT2D eigenvalue weighted by atomic mass is 9.98. The molecule has 3 aromatic heterocycles. The molecule has 0 bridgehead atoms. The third-order valence-corrected chi connectivity index (χ3v) is 5.50. The maximum absolute atomic E-state index is 4.74. The molecule has 2 aromatic carbocycles. The monoisotopic (exact) mass is 459 g/mol. The van der Waals surface area contributed by atoms with E-state index in [0.29, 0.717) is 5.82 Å². The molecule has 0 aliphatic heterocycles. The first kappa shape index (κ1) is 18.6. The maximum Gasteiger partial charge on any atom is 0.205 e. The van der Waals surface area contributed by atoms with E-state index in [9.17, 15) is 0 Å². The van der Waals surface area contributed by atoms with Crippen LogP contribution in [-0.4, -0.2) is 35.2 Å². The Kier molecular flexibility index (Phi) is 4.84. The van der Waals surface area contributed by atoms with Crippen LogP contribution in [0.2, 0.25) is 0 Å². The number of hydrogen-bond donors (Lipinski definition) is 1. The molecule has 8 heteroatoms. The molecule has 7 nitrogen and oxygen atoms in total. The molecule has 148 valence electrons. The van der Waals surface area contributed by atoms with E-state index in [1.165, 1.54) is 5.56 Å². The number of H-pyrrole nitrogens is 1. The summed E-state index contributed by atoms with van der Waals surface area (Å²) in [5.74, 6) is 1.62. The highest BCUT2D eigenvalue weighted by molar-refractivity contribution is 9.10. The summed E-state index contributed by atoms with van der Waals surface area (Å²) < 4.78 is 3.12. The van der Waals surface area contributed by atoms with Gasteiger partial charge >= 0.3 is 0 Å². The summed E-state index contributed by atoms with van der Waals surface area (Å²) in [7, 11) is 0. The second-order valence-corrected chi connectivity index (χ2v) is 7.86. The van der Waals surface area contributed by atoms with Crippen molar-refractivity contribution < 1.29 is 0 Å². The topological polar surface area (TPSA) is 85.2 Å². The molecule has 0 aliphatic carbocycles. The van der Waals surface area contributed by atoms with Crippen molar-refractivity contribution in [3.8, 4) is 22.5 Å². The molecule has 0 aliphatic rings. The zero-order chi connectivity index (χ0) is 20.5. The van der Waals surface area contributed by atoms with Crippen molar-refractivity contribution in [1.82, 2.24) is 35.2 Å². The minimum Gasteiger partial charge on any atom is -0.308 e. The fourth-order valence-electron chi connectivity index (χ4n) is 3.65. The third kappa shape index (κ3) is 3.39. The van der Waals surface area contributed by atoms with E-state index in [2.05, 4.69) is 83.4 Å². The van der Waals surface area contributed by atoms with Crippen LogP contribution >= 0.6 is 15.9 Å². The van der Waals surface area contributed by atoms with Gasteiger partial charge in [0, 0.05) is 22.7 Å². The molecular formula is C22H18BrN7. The van der Waals surface area contributed by atoms with E-state index in [0.717, 1.165) is 51.1 Å². The van der Waals surface area contributed by atoms with Crippen molar-refractivity contribution in [1.29, 1.82) is 0 Å². The van der Waals surface area contributed by atoms with Crippen molar-refractivity contribution in [2.24, 2.45) is 0 Å². The molecular weight excluding hydrogens is 442 g/mol. The number of pyridine rings is 1. The van der Waals surface area contributed by atoms with E-state index in [-0.39, 0.29) is 0 Å². The number of nitrogens with zero attached hydrogens (tertiary/aromatic N) is 6. The summed E-state index contributed by atoms with van der Waals surface area (Å²) in [5, 5.41) is 14.5. The van der Waals surface area contributed by atoms with E-state index >= 15 is 0 Å². The number of nitrogens with one attached hydrogen (secondary N) is 1. The van der Waals surface area contributed by atoms with Crippen LogP contribution in [0, 0.1) is 0 Å². The number of aromatic nitrogens is 7. The summed E-state index contributed by atoms with van der Waals surface area (Å²) in [5.41, 5.74) is 6.12. The molecule has 0 radical (unpaired) electrons. The quantitative estimate of drug-likeness (QED) is 0.413. The van der Waals surface area contributed by atoms with Crippen molar-refractivity contribution >= 4 is 27.1 Å². The van der Waals surface area contributed by atoms with E-state index in [1.54, 1.807) is 0 Å². The first-order chi connectivity index (χ1) is 14.7. The summed E-state index contributed by atoms with van der Waals surface area (Å²) in [6.07, 6.45) is 2.67. The predicted molar refractivity (Wildman–Crippen MR) is 119 cm³/mol. The van der Waals surface area contributed by atoms with Crippen LogP contribution in [0.5, 0.6) is 0 Å². The Labute approximate surface area is 181 Å². The molecule has 0 fully saturated rings. The zero-order valence-electron chi connectivity index (χ0n) is 16.2. The molecule has 5 rings (SSSR count). The fourth-order valence-corrected chi connectivity index (χ4v) is 3.97. The van der Waals surface area contributed by atoms with Crippen LogP contribution in [0.1, 0.15) is 18.3 Å². The molecule has 0 saturated heterocycles. The van der Waals surface area contributed by atoms with Gasteiger partial charge in [-0.2, -0.15) is 5.21 Å². The highest BCUT2D eigenvalue weighted by atomic mass is 79.9. The van der Waals surface area contributed by atoms with Crippen LogP contribution in [0.25, 0.3) is 33.7 Å². The Bertz CT molecular complexity index is 1310. The fraction of sp³-hybridized carbons (Fsp3) is 0.136. The molecule has 30 heavy (non-hydrogen) atoms. The second kappa shape index (κ2) is 7.79. The van der Waals surface area contributed by atoms with Crippen LogP contribution in [0.15, 0.2) is 65.3 Å². The first-order valence-corrected chi connectivity index (χ1v) is 10.4. The van der Waals surface area contributed by atoms with Gasteiger partial charge in [-0.3, -0.25) is 0 Å². The van der Waals surface area contributed by atoms with Crippen molar-refractivity contribution in [2.75, 3.05) is 0 Å². The maximum atomic E-state index is 4.74. The van der Waals surface area contributed by atoms with E-state index < -0.39 is 0 Å². The van der Waals surface area contributed by atoms with Crippen LogP contribution in [-0.2, 0) is 13.0 Å². The summed E-state index contributed by atoms with van der Waals surface area (Å²) in [4.78, 5) is 9.32. The first-order valence-electron chi connectivity index (χ1n) is 9.65. The summed E-state index contributed by atoms with van der Waals surface area (Å²) in [6.45, 7) is 2.84. The van der Waals surface area contributed by atoms with Gasteiger partial charge in [-0.1, -0.05) is 55.5 Å². The number of tetrazole rings is 1. The molecule has 0 amide bonds. The minimum absolute atomic E-state index is 0.587. The normalized spacial score (nSPS) is 11.3. The number of halogens is 1. The molecule has 3 heterocycles. The number of imidazole rings is 1. The Hall–Kier alpha value is -3.39. The highest BCUT2D eigenvalue weighted by Crippen LogP contribution is 2.30. The van der Waals surface area contributed by atoms with E-state index in [4.69, 9.17) is 4.98 Å². The number of aryl methyl sites for hydroxylation is 1. The van der Waals surface area contributed by atoms with Gasteiger partial charge < -0.3 is 4.57 Å². The molecule has 0 spiro atoms. The lowest BCUT2D eigenvalue weighted by molar-refractivity contribution is 0.746. The molecule has 5 aromatic rings. The third-order valence-electron chi connectivity index (χ3n) is 5.07. The summed E-state index contributed by atoms with van der Waals surface area (Å²) in [6, 6.07) is 18.6. The number of rotatable bonds is 5. The van der Waals surface area contributed by atoms with Crippen LogP contribution in [0.4, 0.5) is 0 Å². The van der Waals surface area contributed by atoms with Crippen LogP contribution in [0.3, 0.4) is 0 Å². The number of fused-ring (bicyclic) bond motifs is 1. The average Bonchev–Trinajstić information content (AvgIpc) is 3.42. The molecule has 0 saturated carbocycles. The lowest BCUT2D eigenvalue weighted by Gasteiger charge is -2.10. The number of hydrogen-bond acceptors (Lipinski definition) is 5. The minimum atomic E-state index is 0.587. The predicted octanol–water partition coefficient (Wildman–Crippen LogP) is 4.65. The van der Waals surface area contributed by atoms with Crippen molar-refractivity contribution in [3.63, 3.8) is 0 Å². The zero-order valence-corrected chi connectivity index (χ0v) is 17.8. The Morgan fingerprint density at radius 1 is 1.03 bits per heavy atom. The smallest absolute Gasteiger partial charge is 0.205 e. The van der Waals surface area contributed by atoms with Gasteiger partial charge in [0.2, 0.25) is 5.82 Å². The van der Waals surface area contributed by atoms with Gasteiger partial charge in [-0.25, -0.2) is 9.97 Å². The standard InChI is InChI=1S/C22H18BrN7/c1-2-20-25-19-11-16(23)12-24-22(19)30(20)13-14-7-9-15(10-8-14)17-5-3-4-6-18(17)21-26-28-29-27-21/h3-12H,2,13H2,1H3,(H,26,27,28,29). The average molecular weight is 460 g/mol. The molecule has 1 N–H and O–H groups in total. The van der Waals surface area contributed by atoms with Gasteiger partial charge in [0.15, 0.2) is 5.65 Å². The Balaban J connectivity index is 1.48. The number of aromatic amines is 1. The van der Waals surface area contributed by atoms with Gasteiger partial charge in [0.05, 0.1) is 6.54 Å². The Morgan fingerprint density at radius 3 is 2.57 bits per heavy atom. The van der Waals surface area contributed by atoms with E-state index in [1.807, 2.05) is 30.5 Å². The van der Waals surface area contributed by atoms with Crippen molar-refractivity contribution in [2.45, 2.75) is 19.9 Å². The van der Waals surface area contributed by atoms with Gasteiger partial charge in [-0.05, 0) is 43.9 Å². The SMILES string of the molecule is CCc1nc2cc(Br)cnc2n1Cc1ccc(-c2ccccc2-c2nn[nH]n2)cc1. The Morgan fingerprint density at radius 2 is 1.83 bits per heavy atom. The molecule has 0 atom stereocenters. The largest absolute Gasteiger partial charge is 0.308 e. The lowest BCUT2D eigenvalue weighted by Crippen LogP contribution is -2.05.